The van der Waals surface area contributed by atoms with Crippen LogP contribution in [0.15, 0.2) is 0 Å². The minimum atomic E-state index is 0.469. The van der Waals surface area contributed by atoms with Gasteiger partial charge in [-0.1, -0.05) is 5.92 Å². The highest BCUT2D eigenvalue weighted by molar-refractivity contribution is 4.84. The molecule has 6 heavy (non-hydrogen) atoms. The maximum atomic E-state index is 4.82. The first-order valence-electron chi connectivity index (χ1n) is 1.61. The highest BCUT2D eigenvalue weighted by Gasteiger charge is 1.65. The molecule has 34 valence electrons. The summed E-state index contributed by atoms with van der Waals surface area (Å²) in [6.45, 7) is 0.469. The Hall–Kier alpha value is -0.520. The molecule has 0 aliphatic heterocycles. The lowest BCUT2D eigenvalue weighted by molar-refractivity contribution is 0.103. The van der Waals surface area contributed by atoms with Crippen molar-refractivity contribution in [3.05, 3.63) is 0 Å². The highest BCUT2D eigenvalue weighted by atomic mass is 16.6. The molecule has 0 aliphatic carbocycles. The first kappa shape index (κ1) is 5.48. The fourth-order valence-electron chi connectivity index (χ4n) is 0.114. The lowest BCUT2D eigenvalue weighted by atomic mass is 10.7. The van der Waals surface area contributed by atoms with Gasteiger partial charge in [-0.25, -0.2) is 0 Å². The van der Waals surface area contributed by atoms with Gasteiger partial charge in [-0.15, -0.1) is 6.42 Å². The minimum absolute atomic E-state index is 0.469. The molecule has 0 atom stereocenters. The van der Waals surface area contributed by atoms with Crippen molar-refractivity contribution in [2.75, 3.05) is 13.7 Å². The second-order valence-corrected chi connectivity index (χ2v) is 0.729. The first-order valence-corrected chi connectivity index (χ1v) is 1.61. The number of hydrogen-bond donors (Lipinski definition) is 1. The zero-order chi connectivity index (χ0) is 4.83. The fraction of sp³-hybridized carbons (Fsp3) is 0.500. The maximum absolute atomic E-state index is 4.82. The van der Waals surface area contributed by atoms with Crippen LogP contribution in [0.25, 0.3) is 0 Å². The molecule has 0 amide bonds. The van der Waals surface area contributed by atoms with Crippen molar-refractivity contribution < 1.29 is 4.84 Å². The Morgan fingerprint density at radius 3 is 2.83 bits per heavy atom. The quantitative estimate of drug-likeness (QED) is 0.284. The van der Waals surface area contributed by atoms with Crippen LogP contribution in [0.4, 0.5) is 0 Å². The van der Waals surface area contributed by atoms with E-state index in [-0.39, 0.29) is 0 Å². The monoisotopic (exact) mass is 85.1 g/mol. The molecule has 0 fully saturated rings. The smallest absolute Gasteiger partial charge is 0.0818 e. The van der Waals surface area contributed by atoms with Crippen LogP contribution in [0.5, 0.6) is 0 Å². The summed E-state index contributed by atoms with van der Waals surface area (Å²) in [7, 11) is 1.53. The molecule has 0 heterocycles. The van der Waals surface area contributed by atoms with E-state index in [1.807, 2.05) is 0 Å². The molecule has 0 rings (SSSR count). The zero-order valence-corrected chi connectivity index (χ0v) is 3.69. The van der Waals surface area contributed by atoms with E-state index >= 15 is 0 Å². The van der Waals surface area contributed by atoms with E-state index < -0.39 is 0 Å². The third-order valence-electron chi connectivity index (χ3n) is 0.319. The Balaban J connectivity index is 2.54. The van der Waals surface area contributed by atoms with Crippen LogP contribution in [0.2, 0.25) is 0 Å². The van der Waals surface area contributed by atoms with E-state index in [1.54, 1.807) is 0 Å². The molecule has 2 heteroatoms. The van der Waals surface area contributed by atoms with Crippen molar-refractivity contribution in [1.82, 2.24) is 5.48 Å². The molecule has 0 saturated heterocycles. The van der Waals surface area contributed by atoms with Gasteiger partial charge in [0.2, 0.25) is 0 Å². The van der Waals surface area contributed by atoms with Gasteiger partial charge in [-0.3, -0.25) is 0 Å². The van der Waals surface area contributed by atoms with E-state index in [0.29, 0.717) is 6.54 Å². The first-order chi connectivity index (χ1) is 2.91. The van der Waals surface area contributed by atoms with Gasteiger partial charge < -0.3 is 4.84 Å². The molecule has 0 aromatic rings. The molecule has 0 radical (unpaired) electrons. The standard InChI is InChI=1S/C4H7NO/c1-3-4-5-6-2/h1,5H,4H2,2H3. The summed E-state index contributed by atoms with van der Waals surface area (Å²) in [6.07, 6.45) is 4.82. The number of hydroxylamine groups is 1. The normalized spacial score (nSPS) is 7.33. The van der Waals surface area contributed by atoms with Gasteiger partial charge in [0, 0.05) is 0 Å². The maximum Gasteiger partial charge on any atom is 0.0818 e. The highest BCUT2D eigenvalue weighted by Crippen LogP contribution is 1.48. The lowest BCUT2D eigenvalue weighted by Gasteiger charge is -1.88. The molecule has 0 aliphatic rings. The predicted octanol–water partition coefficient (Wildman–Crippen LogP) is -0.229. The third-order valence-corrected chi connectivity index (χ3v) is 0.319. The van der Waals surface area contributed by atoms with Crippen molar-refractivity contribution >= 4 is 0 Å². The van der Waals surface area contributed by atoms with Gasteiger partial charge in [0.15, 0.2) is 0 Å². The Labute approximate surface area is 37.5 Å². The lowest BCUT2D eigenvalue weighted by Crippen LogP contribution is -2.10. The molecule has 0 saturated carbocycles. The van der Waals surface area contributed by atoms with Crippen LogP contribution >= 0.6 is 0 Å². The Morgan fingerprint density at radius 2 is 2.67 bits per heavy atom. The van der Waals surface area contributed by atoms with E-state index in [2.05, 4.69) is 16.2 Å². The summed E-state index contributed by atoms with van der Waals surface area (Å²) in [4.78, 5) is 4.39. The molecular formula is C4H7NO. The van der Waals surface area contributed by atoms with Gasteiger partial charge in [0.25, 0.3) is 0 Å². The average Bonchev–Trinajstić information content (AvgIpc) is 1.61. The minimum Gasteiger partial charge on any atom is -0.304 e. The second kappa shape index (κ2) is 4.48. The van der Waals surface area contributed by atoms with Crippen LogP contribution < -0.4 is 5.48 Å². The van der Waals surface area contributed by atoms with Crippen molar-refractivity contribution in [2.45, 2.75) is 0 Å². The number of terminal acetylenes is 1. The van der Waals surface area contributed by atoms with Crippen molar-refractivity contribution in [3.8, 4) is 12.3 Å². The Bertz CT molecular complexity index is 55.1. The molecule has 0 bridgehead atoms. The van der Waals surface area contributed by atoms with E-state index in [0.717, 1.165) is 0 Å². The predicted molar refractivity (Wildman–Crippen MR) is 23.8 cm³/mol. The van der Waals surface area contributed by atoms with Crippen LogP contribution in [0, 0.1) is 12.3 Å². The van der Waals surface area contributed by atoms with Crippen molar-refractivity contribution in [2.24, 2.45) is 0 Å². The molecule has 2 nitrogen and oxygen atoms in total. The fourth-order valence-corrected chi connectivity index (χ4v) is 0.114. The number of nitrogens with one attached hydrogen (secondary N) is 1. The number of rotatable bonds is 2. The van der Waals surface area contributed by atoms with Gasteiger partial charge in [-0.05, 0) is 0 Å². The van der Waals surface area contributed by atoms with E-state index in [4.69, 9.17) is 6.42 Å². The van der Waals surface area contributed by atoms with Crippen LogP contribution in [0.1, 0.15) is 0 Å². The average molecular weight is 85.1 g/mol. The summed E-state index contributed by atoms with van der Waals surface area (Å²) in [5, 5.41) is 0. The summed E-state index contributed by atoms with van der Waals surface area (Å²) < 4.78 is 0. The van der Waals surface area contributed by atoms with E-state index in [9.17, 15) is 0 Å². The molecule has 0 unspecified atom stereocenters. The summed E-state index contributed by atoms with van der Waals surface area (Å²) in [5.41, 5.74) is 2.46. The molecule has 0 aromatic heterocycles. The van der Waals surface area contributed by atoms with Gasteiger partial charge in [0.1, 0.15) is 0 Å². The van der Waals surface area contributed by atoms with Crippen LogP contribution in [0.3, 0.4) is 0 Å². The van der Waals surface area contributed by atoms with E-state index in [1.165, 1.54) is 7.11 Å². The largest absolute Gasteiger partial charge is 0.304 e. The molecule has 1 N–H and O–H groups in total. The topological polar surface area (TPSA) is 21.3 Å². The van der Waals surface area contributed by atoms with Gasteiger partial charge in [-0.2, -0.15) is 5.48 Å². The summed E-state index contributed by atoms with van der Waals surface area (Å²) in [5.74, 6) is 2.33. The van der Waals surface area contributed by atoms with Crippen molar-refractivity contribution in [1.29, 1.82) is 0 Å². The van der Waals surface area contributed by atoms with Crippen LogP contribution in [-0.2, 0) is 4.84 Å². The SMILES string of the molecule is C#CCNOC. The Morgan fingerprint density at radius 1 is 2.00 bits per heavy atom. The van der Waals surface area contributed by atoms with Crippen molar-refractivity contribution in [3.63, 3.8) is 0 Å². The summed E-state index contributed by atoms with van der Waals surface area (Å²) in [6, 6.07) is 0. The van der Waals surface area contributed by atoms with Gasteiger partial charge in [0.05, 0.1) is 13.7 Å². The van der Waals surface area contributed by atoms with Crippen LogP contribution in [-0.4, -0.2) is 13.7 Å². The zero-order valence-electron chi connectivity index (χ0n) is 3.69. The number of hydrogen-bond acceptors (Lipinski definition) is 2. The molecule has 0 aromatic carbocycles. The Kier molecular flexibility index (Phi) is 4.09. The summed E-state index contributed by atoms with van der Waals surface area (Å²) >= 11 is 0. The third kappa shape index (κ3) is 3.48. The molecular weight excluding hydrogens is 78.0 g/mol. The van der Waals surface area contributed by atoms with Gasteiger partial charge >= 0.3 is 0 Å². The second-order valence-electron chi connectivity index (χ2n) is 0.729. The molecule has 0 spiro atoms.